The van der Waals surface area contributed by atoms with E-state index in [1.807, 2.05) is 4.90 Å². The lowest BCUT2D eigenvalue weighted by Crippen LogP contribution is -2.41. The van der Waals surface area contributed by atoms with Gasteiger partial charge in [0.05, 0.1) is 24.5 Å². The molecule has 0 unspecified atom stereocenters. The number of nitrogens with zero attached hydrogens (tertiary/aromatic N) is 1. The predicted octanol–water partition coefficient (Wildman–Crippen LogP) is -0.838. The van der Waals surface area contributed by atoms with Crippen LogP contribution in [0.2, 0.25) is 0 Å². The van der Waals surface area contributed by atoms with Crippen LogP contribution in [0.1, 0.15) is 19.3 Å². The van der Waals surface area contributed by atoms with E-state index in [0.717, 1.165) is 19.4 Å². The van der Waals surface area contributed by atoms with Crippen molar-refractivity contribution in [3.63, 3.8) is 0 Å². The third kappa shape index (κ3) is 5.87. The lowest BCUT2D eigenvalue weighted by molar-refractivity contribution is -0.147. The minimum absolute atomic E-state index is 0.0197. The number of amides is 1. The molecule has 1 atom stereocenters. The van der Waals surface area contributed by atoms with E-state index in [4.69, 9.17) is 10.5 Å². The van der Waals surface area contributed by atoms with Crippen LogP contribution in [0.3, 0.4) is 0 Å². The molecular weight excluding hydrogens is 284 g/mol. The van der Waals surface area contributed by atoms with Crippen molar-refractivity contribution in [1.82, 2.24) is 4.90 Å². The maximum Gasteiger partial charge on any atom is 0.309 e. The van der Waals surface area contributed by atoms with Crippen LogP contribution >= 0.6 is 0 Å². The lowest BCUT2D eigenvalue weighted by atomic mass is 9.98. The zero-order valence-electron chi connectivity index (χ0n) is 11.7. The quantitative estimate of drug-likeness (QED) is 0.615. The molecule has 1 saturated heterocycles. The van der Waals surface area contributed by atoms with Gasteiger partial charge in [0.25, 0.3) is 0 Å². The number of hydrogen-bond donors (Lipinski definition) is 1. The number of likely N-dealkylation sites (tertiary alicyclic amines) is 1. The Hall–Kier alpha value is -1.15. The zero-order chi connectivity index (χ0) is 15.2. The Balaban J connectivity index is 2.41. The molecule has 1 fully saturated rings. The van der Waals surface area contributed by atoms with Crippen LogP contribution in [0.15, 0.2) is 0 Å². The molecule has 0 aromatic heterocycles. The maximum absolute atomic E-state index is 11.7. The second-order valence-corrected chi connectivity index (χ2v) is 7.33. The van der Waals surface area contributed by atoms with Crippen LogP contribution in [0.4, 0.5) is 0 Å². The van der Waals surface area contributed by atoms with Crippen molar-refractivity contribution in [3.8, 4) is 0 Å². The van der Waals surface area contributed by atoms with Crippen molar-refractivity contribution in [2.75, 3.05) is 38.2 Å². The molecule has 0 aromatic carbocycles. The van der Waals surface area contributed by atoms with E-state index < -0.39 is 15.7 Å². The highest BCUT2D eigenvalue weighted by atomic mass is 32.2. The molecule has 0 aliphatic carbocycles. The highest BCUT2D eigenvalue weighted by Crippen LogP contribution is 2.17. The van der Waals surface area contributed by atoms with Gasteiger partial charge in [-0.05, 0) is 19.4 Å². The Morgan fingerprint density at radius 2 is 2.05 bits per heavy atom. The molecule has 0 radical (unpaired) electrons. The Labute approximate surface area is 119 Å². The fourth-order valence-corrected chi connectivity index (χ4v) is 3.50. The predicted molar refractivity (Wildman–Crippen MR) is 73.6 cm³/mol. The normalized spacial score (nSPS) is 20.6. The van der Waals surface area contributed by atoms with Crippen molar-refractivity contribution < 1.29 is 22.7 Å². The summed E-state index contributed by atoms with van der Waals surface area (Å²) in [5.41, 5.74) is 4.94. The summed E-state index contributed by atoms with van der Waals surface area (Å²) in [6.07, 6.45) is 1.48. The molecule has 1 aliphatic heterocycles. The van der Waals surface area contributed by atoms with E-state index in [-0.39, 0.29) is 29.8 Å². The van der Waals surface area contributed by atoms with E-state index in [0.29, 0.717) is 13.1 Å². The fourth-order valence-electron chi connectivity index (χ4n) is 2.24. The van der Waals surface area contributed by atoms with Gasteiger partial charge in [0.2, 0.25) is 5.91 Å². The van der Waals surface area contributed by atoms with Crippen LogP contribution in [0.25, 0.3) is 0 Å². The number of hydrogen-bond acceptors (Lipinski definition) is 6. The number of carbonyl (C=O) groups excluding carboxylic acids is 2. The number of nitrogens with two attached hydrogens (primary N) is 1. The van der Waals surface area contributed by atoms with Gasteiger partial charge in [0.15, 0.2) is 9.84 Å². The molecule has 1 heterocycles. The SMILES string of the molecule is COC(=O)[C@H]1CCCN(CCS(=O)(=O)CCC(N)=O)C1. The van der Waals surface area contributed by atoms with E-state index in [1.165, 1.54) is 7.11 Å². The number of piperidine rings is 1. The molecule has 1 aliphatic rings. The van der Waals surface area contributed by atoms with Crippen LogP contribution in [-0.4, -0.2) is 63.4 Å². The summed E-state index contributed by atoms with van der Waals surface area (Å²) in [5.74, 6) is -1.27. The van der Waals surface area contributed by atoms with Gasteiger partial charge >= 0.3 is 5.97 Å². The monoisotopic (exact) mass is 306 g/mol. The third-order valence-electron chi connectivity index (χ3n) is 3.42. The molecule has 0 aromatic rings. The van der Waals surface area contributed by atoms with Crippen molar-refractivity contribution in [2.24, 2.45) is 11.7 Å². The van der Waals surface area contributed by atoms with E-state index in [9.17, 15) is 18.0 Å². The third-order valence-corrected chi connectivity index (χ3v) is 5.05. The van der Waals surface area contributed by atoms with Crippen molar-refractivity contribution in [3.05, 3.63) is 0 Å². The standard InChI is InChI=1S/C12H22N2O5S/c1-19-12(16)10-3-2-5-14(9-10)6-8-20(17,18)7-4-11(13)15/h10H,2-9H2,1H3,(H2,13,15)/t10-/m0/s1. The second kappa shape index (κ2) is 7.58. The average molecular weight is 306 g/mol. The van der Waals surface area contributed by atoms with Gasteiger partial charge in [-0.1, -0.05) is 0 Å². The van der Waals surface area contributed by atoms with Gasteiger partial charge in [-0.3, -0.25) is 9.59 Å². The summed E-state index contributed by atoms with van der Waals surface area (Å²) in [5, 5.41) is 0. The Bertz CT molecular complexity index is 449. The first kappa shape index (κ1) is 16.9. The minimum atomic E-state index is -3.28. The summed E-state index contributed by atoms with van der Waals surface area (Å²) in [4.78, 5) is 24.0. The summed E-state index contributed by atoms with van der Waals surface area (Å²) in [6.45, 7) is 1.67. The molecule has 7 nitrogen and oxygen atoms in total. The Morgan fingerprint density at radius 3 is 2.65 bits per heavy atom. The highest BCUT2D eigenvalue weighted by Gasteiger charge is 2.27. The maximum atomic E-state index is 11.7. The summed E-state index contributed by atoms with van der Waals surface area (Å²) in [6, 6.07) is 0. The van der Waals surface area contributed by atoms with Crippen LogP contribution in [0, 0.1) is 5.92 Å². The summed E-state index contributed by atoms with van der Waals surface area (Å²) >= 11 is 0. The largest absolute Gasteiger partial charge is 0.469 e. The topological polar surface area (TPSA) is 107 Å². The molecule has 2 N–H and O–H groups in total. The van der Waals surface area contributed by atoms with Crippen LogP contribution in [0.5, 0.6) is 0 Å². The number of carbonyl (C=O) groups is 2. The highest BCUT2D eigenvalue weighted by molar-refractivity contribution is 7.91. The van der Waals surface area contributed by atoms with Crippen molar-refractivity contribution in [1.29, 1.82) is 0 Å². The van der Waals surface area contributed by atoms with Crippen LogP contribution in [-0.2, 0) is 24.2 Å². The number of primary amides is 1. The average Bonchev–Trinajstić information content (AvgIpc) is 2.43. The van der Waals surface area contributed by atoms with Gasteiger partial charge in [-0.25, -0.2) is 8.42 Å². The molecule has 116 valence electrons. The van der Waals surface area contributed by atoms with E-state index in [1.54, 1.807) is 0 Å². The van der Waals surface area contributed by atoms with Gasteiger partial charge in [-0.2, -0.15) is 0 Å². The van der Waals surface area contributed by atoms with Gasteiger partial charge in [-0.15, -0.1) is 0 Å². The summed E-state index contributed by atoms with van der Waals surface area (Å²) in [7, 11) is -1.92. The Morgan fingerprint density at radius 1 is 1.35 bits per heavy atom. The first-order chi connectivity index (χ1) is 9.34. The fraction of sp³-hybridized carbons (Fsp3) is 0.833. The molecule has 1 amide bonds. The molecule has 8 heteroatoms. The molecule has 20 heavy (non-hydrogen) atoms. The van der Waals surface area contributed by atoms with Crippen molar-refractivity contribution in [2.45, 2.75) is 19.3 Å². The molecule has 0 saturated carbocycles. The number of methoxy groups -OCH3 is 1. The van der Waals surface area contributed by atoms with Gasteiger partial charge < -0.3 is 15.4 Å². The molecule has 1 rings (SSSR count). The zero-order valence-corrected chi connectivity index (χ0v) is 12.5. The smallest absolute Gasteiger partial charge is 0.309 e. The van der Waals surface area contributed by atoms with Gasteiger partial charge in [0.1, 0.15) is 0 Å². The number of rotatable bonds is 7. The van der Waals surface area contributed by atoms with Gasteiger partial charge in [0, 0.05) is 19.5 Å². The van der Waals surface area contributed by atoms with Crippen molar-refractivity contribution >= 4 is 21.7 Å². The number of ether oxygens (including phenoxy) is 1. The molecule has 0 bridgehead atoms. The molecule has 0 spiro atoms. The van der Waals surface area contributed by atoms with E-state index >= 15 is 0 Å². The second-order valence-electron chi connectivity index (χ2n) is 5.03. The Kier molecular flexibility index (Phi) is 6.41. The van der Waals surface area contributed by atoms with E-state index in [2.05, 4.69) is 0 Å². The number of esters is 1. The molecular formula is C12H22N2O5S. The first-order valence-electron chi connectivity index (χ1n) is 6.63. The minimum Gasteiger partial charge on any atom is -0.469 e. The number of sulfone groups is 1. The summed E-state index contributed by atoms with van der Waals surface area (Å²) < 4.78 is 28.2. The first-order valence-corrected chi connectivity index (χ1v) is 8.45. The van der Waals surface area contributed by atoms with Crippen LogP contribution < -0.4 is 5.73 Å². The lowest BCUT2D eigenvalue weighted by Gasteiger charge is -2.31.